The van der Waals surface area contributed by atoms with Gasteiger partial charge in [-0.1, -0.05) is 0 Å². The molecule has 7 heteroatoms. The predicted octanol–water partition coefficient (Wildman–Crippen LogP) is -0.954. The molecule has 0 aromatic heterocycles. The fourth-order valence-electron chi connectivity index (χ4n) is 0.268. The van der Waals surface area contributed by atoms with E-state index in [1.54, 1.807) is 0 Å². The third-order valence-corrected chi connectivity index (χ3v) is 1.31. The Hall–Kier alpha value is -0.260. The standard InChI is InChI=1S/C4H9O6P/c1-3(5)4(6)2-10-11(7,8)9/h3,5H,2H2,1H3,(H2,7,8,9)/t3-/m1/s1. The second-order valence-electron chi connectivity index (χ2n) is 1.91. The van der Waals surface area contributed by atoms with Crippen molar-refractivity contribution in [3.63, 3.8) is 0 Å². The van der Waals surface area contributed by atoms with Gasteiger partial charge in [0.05, 0.1) is 0 Å². The van der Waals surface area contributed by atoms with Gasteiger partial charge in [0.1, 0.15) is 12.7 Å². The maximum absolute atomic E-state index is 10.5. The average Bonchev–Trinajstić information content (AvgIpc) is 1.80. The molecule has 66 valence electrons. The molecular formula is C4H9O6P. The van der Waals surface area contributed by atoms with Crippen LogP contribution in [0.4, 0.5) is 0 Å². The lowest BCUT2D eigenvalue weighted by atomic mass is 10.3. The first-order valence-electron chi connectivity index (χ1n) is 2.74. The summed E-state index contributed by atoms with van der Waals surface area (Å²) in [5.41, 5.74) is 0. The minimum absolute atomic E-state index is 0.770. The molecule has 0 amide bonds. The van der Waals surface area contributed by atoms with Crippen molar-refractivity contribution in [3.05, 3.63) is 0 Å². The second kappa shape index (κ2) is 3.94. The van der Waals surface area contributed by atoms with E-state index in [9.17, 15) is 9.36 Å². The molecule has 0 aromatic carbocycles. The zero-order valence-electron chi connectivity index (χ0n) is 5.80. The molecule has 0 unspecified atom stereocenters. The molecule has 0 saturated carbocycles. The molecule has 0 aliphatic rings. The zero-order valence-corrected chi connectivity index (χ0v) is 6.69. The van der Waals surface area contributed by atoms with E-state index in [2.05, 4.69) is 4.52 Å². The first-order valence-corrected chi connectivity index (χ1v) is 4.27. The zero-order chi connectivity index (χ0) is 9.07. The van der Waals surface area contributed by atoms with Crippen LogP contribution in [0, 0.1) is 0 Å². The number of Topliss-reactive ketones (excluding diaryl/α,β-unsaturated/α-hetero) is 1. The van der Waals surface area contributed by atoms with Crippen LogP contribution in [0.5, 0.6) is 0 Å². The van der Waals surface area contributed by atoms with E-state index in [0.717, 1.165) is 0 Å². The molecule has 0 fully saturated rings. The lowest BCUT2D eigenvalue weighted by Gasteiger charge is -2.05. The SMILES string of the molecule is C[C@@H](O)C(=O)COP(=O)(O)O. The van der Waals surface area contributed by atoms with Crippen LogP contribution in [0.15, 0.2) is 0 Å². The van der Waals surface area contributed by atoms with E-state index in [0.29, 0.717) is 0 Å². The fourth-order valence-corrected chi connectivity index (χ4v) is 0.564. The summed E-state index contributed by atoms with van der Waals surface area (Å²) in [6.45, 7) is 0.410. The molecule has 0 spiro atoms. The first kappa shape index (κ1) is 10.7. The van der Waals surface area contributed by atoms with Crippen molar-refractivity contribution < 1.29 is 28.8 Å². The number of carbonyl (C=O) groups excluding carboxylic acids is 1. The maximum atomic E-state index is 10.5. The Morgan fingerprint density at radius 1 is 1.64 bits per heavy atom. The third-order valence-electron chi connectivity index (χ3n) is 0.841. The van der Waals surface area contributed by atoms with Gasteiger partial charge in [-0.2, -0.15) is 0 Å². The Labute approximate surface area is 63.0 Å². The molecule has 0 rings (SSSR count). The van der Waals surface area contributed by atoms with Crippen molar-refractivity contribution in [2.45, 2.75) is 13.0 Å². The van der Waals surface area contributed by atoms with Crippen LogP contribution in [0.1, 0.15) is 6.92 Å². The number of carbonyl (C=O) groups is 1. The van der Waals surface area contributed by atoms with Crippen LogP contribution < -0.4 is 0 Å². The first-order chi connectivity index (χ1) is 4.83. The summed E-state index contributed by atoms with van der Waals surface area (Å²) in [4.78, 5) is 26.7. The highest BCUT2D eigenvalue weighted by Crippen LogP contribution is 2.35. The fraction of sp³-hybridized carbons (Fsp3) is 0.750. The lowest BCUT2D eigenvalue weighted by Crippen LogP contribution is -2.20. The van der Waals surface area contributed by atoms with Gasteiger partial charge in [-0.05, 0) is 6.92 Å². The van der Waals surface area contributed by atoms with E-state index in [4.69, 9.17) is 14.9 Å². The minimum Gasteiger partial charge on any atom is -0.386 e. The van der Waals surface area contributed by atoms with Crippen molar-refractivity contribution in [3.8, 4) is 0 Å². The van der Waals surface area contributed by atoms with Gasteiger partial charge < -0.3 is 14.9 Å². The highest BCUT2D eigenvalue weighted by atomic mass is 31.2. The topological polar surface area (TPSA) is 104 Å². The van der Waals surface area contributed by atoms with E-state index in [1.165, 1.54) is 6.92 Å². The summed E-state index contributed by atoms with van der Waals surface area (Å²) in [5.74, 6) is -0.770. The number of phosphoric ester groups is 1. The Morgan fingerprint density at radius 3 is 2.36 bits per heavy atom. The Morgan fingerprint density at radius 2 is 2.09 bits per heavy atom. The molecule has 0 aliphatic carbocycles. The summed E-state index contributed by atoms with van der Waals surface area (Å²) < 4.78 is 13.8. The molecule has 0 aliphatic heterocycles. The van der Waals surface area contributed by atoms with Crippen molar-refractivity contribution in [1.29, 1.82) is 0 Å². The third kappa shape index (κ3) is 6.15. The van der Waals surface area contributed by atoms with Crippen LogP contribution >= 0.6 is 7.82 Å². The predicted molar refractivity (Wildman–Crippen MR) is 34.7 cm³/mol. The summed E-state index contributed by atoms with van der Waals surface area (Å²) in [6, 6.07) is 0. The summed E-state index contributed by atoms with van der Waals surface area (Å²) in [6.07, 6.45) is -1.26. The van der Waals surface area contributed by atoms with Gasteiger partial charge in [0.15, 0.2) is 5.78 Å². The summed E-state index contributed by atoms with van der Waals surface area (Å²) in [5, 5.41) is 8.54. The molecule has 0 heterocycles. The number of aliphatic hydroxyl groups is 1. The minimum atomic E-state index is -4.59. The molecule has 0 aromatic rings. The number of rotatable bonds is 4. The van der Waals surface area contributed by atoms with E-state index < -0.39 is 26.3 Å². The number of hydrogen-bond acceptors (Lipinski definition) is 4. The normalized spacial score (nSPS) is 14.5. The van der Waals surface area contributed by atoms with Gasteiger partial charge >= 0.3 is 7.82 Å². The Kier molecular flexibility index (Phi) is 3.85. The smallest absolute Gasteiger partial charge is 0.386 e. The average molecular weight is 184 g/mol. The van der Waals surface area contributed by atoms with Crippen LogP contribution in [0.2, 0.25) is 0 Å². The summed E-state index contributed by atoms with van der Waals surface area (Å²) in [7, 11) is -4.59. The Bertz CT molecular complexity index is 181. The van der Waals surface area contributed by atoms with Crippen LogP contribution in [0.3, 0.4) is 0 Å². The molecular weight excluding hydrogens is 175 g/mol. The molecule has 1 atom stereocenters. The number of ketones is 1. The molecule has 0 saturated heterocycles. The molecule has 0 bridgehead atoms. The van der Waals surface area contributed by atoms with Gasteiger partial charge in [0.2, 0.25) is 0 Å². The van der Waals surface area contributed by atoms with Crippen LogP contribution in [0.25, 0.3) is 0 Å². The number of hydrogen-bond donors (Lipinski definition) is 3. The quantitative estimate of drug-likeness (QED) is 0.486. The number of aliphatic hydroxyl groups excluding tert-OH is 1. The van der Waals surface area contributed by atoms with E-state index in [1.807, 2.05) is 0 Å². The van der Waals surface area contributed by atoms with Crippen molar-refractivity contribution in [2.24, 2.45) is 0 Å². The largest absolute Gasteiger partial charge is 0.470 e. The molecule has 11 heavy (non-hydrogen) atoms. The van der Waals surface area contributed by atoms with Crippen LogP contribution in [-0.4, -0.2) is 33.4 Å². The monoisotopic (exact) mass is 184 g/mol. The van der Waals surface area contributed by atoms with Gasteiger partial charge in [0.25, 0.3) is 0 Å². The molecule has 3 N–H and O–H groups in total. The van der Waals surface area contributed by atoms with Gasteiger partial charge in [-0.25, -0.2) is 4.57 Å². The van der Waals surface area contributed by atoms with Crippen molar-refractivity contribution >= 4 is 13.6 Å². The van der Waals surface area contributed by atoms with Crippen molar-refractivity contribution in [1.82, 2.24) is 0 Å². The van der Waals surface area contributed by atoms with Gasteiger partial charge in [0, 0.05) is 0 Å². The molecule has 0 radical (unpaired) electrons. The lowest BCUT2D eigenvalue weighted by molar-refractivity contribution is -0.128. The van der Waals surface area contributed by atoms with Crippen molar-refractivity contribution in [2.75, 3.05) is 6.61 Å². The maximum Gasteiger partial charge on any atom is 0.470 e. The van der Waals surface area contributed by atoms with Crippen LogP contribution in [-0.2, 0) is 13.9 Å². The number of phosphoric acid groups is 1. The van der Waals surface area contributed by atoms with Gasteiger partial charge in [-0.3, -0.25) is 9.32 Å². The second-order valence-corrected chi connectivity index (χ2v) is 3.15. The van der Waals surface area contributed by atoms with Gasteiger partial charge in [-0.15, -0.1) is 0 Å². The highest BCUT2D eigenvalue weighted by molar-refractivity contribution is 7.46. The van der Waals surface area contributed by atoms with E-state index >= 15 is 0 Å². The van der Waals surface area contributed by atoms with E-state index in [-0.39, 0.29) is 0 Å². The highest BCUT2D eigenvalue weighted by Gasteiger charge is 2.18. The Balaban J connectivity index is 3.73. The summed E-state index contributed by atoms with van der Waals surface area (Å²) >= 11 is 0. The molecule has 6 nitrogen and oxygen atoms in total.